The quantitative estimate of drug-likeness (QED) is 0.538. The van der Waals surface area contributed by atoms with Crippen molar-refractivity contribution in [3.8, 4) is 6.07 Å². The molecule has 0 bridgehead atoms. The van der Waals surface area contributed by atoms with Gasteiger partial charge in [-0.1, -0.05) is 6.92 Å². The molecule has 39 heavy (non-hydrogen) atoms. The number of aldehydes is 1. The number of fused-ring (bicyclic) bond motifs is 1. The SMILES string of the molecule is CO[C@@H]1COC[C@H]1Cc1cc(NC(=O)N2CCCc3cc(CN4CCC(C)C4=O)c(C=O)nc32)ncc1C#N. The zero-order valence-electron chi connectivity index (χ0n) is 22.2. The second-order valence-corrected chi connectivity index (χ2v) is 10.4. The normalized spacial score (nSPS) is 22.5. The van der Waals surface area contributed by atoms with Gasteiger partial charge >= 0.3 is 6.03 Å². The number of amides is 3. The molecule has 5 rings (SSSR count). The second kappa shape index (κ2) is 11.5. The van der Waals surface area contributed by atoms with Gasteiger partial charge in [0.25, 0.3) is 0 Å². The molecule has 11 nitrogen and oxygen atoms in total. The summed E-state index contributed by atoms with van der Waals surface area (Å²) in [6.07, 6.45) is 4.89. The number of rotatable bonds is 7. The predicted octanol–water partition coefficient (Wildman–Crippen LogP) is 2.72. The van der Waals surface area contributed by atoms with Gasteiger partial charge in [0, 0.05) is 50.3 Å². The zero-order chi connectivity index (χ0) is 27.5. The van der Waals surface area contributed by atoms with Gasteiger partial charge in [0.2, 0.25) is 5.91 Å². The van der Waals surface area contributed by atoms with Gasteiger partial charge in [0.15, 0.2) is 6.29 Å². The molecule has 11 heteroatoms. The van der Waals surface area contributed by atoms with E-state index in [-0.39, 0.29) is 29.5 Å². The lowest BCUT2D eigenvalue weighted by Crippen LogP contribution is -2.40. The van der Waals surface area contributed by atoms with Gasteiger partial charge in [0.1, 0.15) is 23.4 Å². The first-order valence-electron chi connectivity index (χ1n) is 13.3. The summed E-state index contributed by atoms with van der Waals surface area (Å²) in [6.45, 7) is 4.38. The number of pyridine rings is 2. The fourth-order valence-electron chi connectivity index (χ4n) is 5.57. The molecule has 0 aromatic carbocycles. The van der Waals surface area contributed by atoms with Crippen molar-refractivity contribution in [3.05, 3.63) is 46.3 Å². The van der Waals surface area contributed by atoms with Crippen LogP contribution in [0.3, 0.4) is 0 Å². The van der Waals surface area contributed by atoms with Crippen LogP contribution in [0.5, 0.6) is 0 Å². The van der Waals surface area contributed by atoms with E-state index in [0.29, 0.717) is 74.7 Å². The highest BCUT2D eigenvalue weighted by Crippen LogP contribution is 2.30. The van der Waals surface area contributed by atoms with Crippen molar-refractivity contribution in [1.29, 1.82) is 5.26 Å². The molecule has 1 unspecified atom stereocenters. The summed E-state index contributed by atoms with van der Waals surface area (Å²) >= 11 is 0. The Kier molecular flexibility index (Phi) is 7.86. The zero-order valence-corrected chi connectivity index (χ0v) is 22.2. The first-order chi connectivity index (χ1) is 18.9. The Labute approximate surface area is 227 Å². The van der Waals surface area contributed by atoms with Crippen molar-refractivity contribution in [1.82, 2.24) is 14.9 Å². The first-order valence-corrected chi connectivity index (χ1v) is 13.3. The van der Waals surface area contributed by atoms with Gasteiger partial charge in [0.05, 0.1) is 24.9 Å². The summed E-state index contributed by atoms with van der Waals surface area (Å²) in [6, 6.07) is 5.37. The number of nitrogens with zero attached hydrogens (tertiary/aromatic N) is 5. The largest absolute Gasteiger partial charge is 0.379 e. The van der Waals surface area contributed by atoms with E-state index in [1.54, 1.807) is 18.1 Å². The van der Waals surface area contributed by atoms with Crippen molar-refractivity contribution in [2.24, 2.45) is 11.8 Å². The molecule has 1 N–H and O–H groups in total. The van der Waals surface area contributed by atoms with E-state index in [0.717, 1.165) is 24.0 Å². The molecule has 0 radical (unpaired) electrons. The van der Waals surface area contributed by atoms with Crippen LogP contribution in [-0.2, 0) is 33.7 Å². The lowest BCUT2D eigenvalue weighted by Gasteiger charge is -2.29. The molecule has 2 fully saturated rings. The Morgan fingerprint density at radius 1 is 1.31 bits per heavy atom. The molecule has 5 heterocycles. The van der Waals surface area contributed by atoms with Crippen molar-refractivity contribution in [2.75, 3.05) is 43.6 Å². The summed E-state index contributed by atoms with van der Waals surface area (Å²) in [4.78, 5) is 49.9. The Morgan fingerprint density at radius 3 is 2.87 bits per heavy atom. The molecule has 3 aliphatic rings. The number of likely N-dealkylation sites (tertiary alicyclic amines) is 1. The van der Waals surface area contributed by atoms with Gasteiger partial charge < -0.3 is 14.4 Å². The number of urea groups is 1. The number of nitriles is 1. The van der Waals surface area contributed by atoms with Crippen LogP contribution in [0.25, 0.3) is 0 Å². The maximum absolute atomic E-state index is 13.4. The Balaban J connectivity index is 1.35. The third kappa shape index (κ3) is 5.48. The summed E-state index contributed by atoms with van der Waals surface area (Å²) in [7, 11) is 1.64. The summed E-state index contributed by atoms with van der Waals surface area (Å²) in [5, 5.41) is 12.4. The molecule has 0 spiro atoms. The van der Waals surface area contributed by atoms with E-state index in [9.17, 15) is 19.6 Å². The fraction of sp³-hybridized carbons (Fsp3) is 0.500. The van der Waals surface area contributed by atoms with Gasteiger partial charge in [-0.25, -0.2) is 14.8 Å². The number of carbonyl (C=O) groups excluding carboxylic acids is 3. The minimum absolute atomic E-state index is 0.0151. The average molecular weight is 533 g/mol. The maximum atomic E-state index is 13.4. The lowest BCUT2D eigenvalue weighted by molar-refractivity contribution is -0.131. The Bertz CT molecular complexity index is 1320. The van der Waals surface area contributed by atoms with Crippen LogP contribution in [0.15, 0.2) is 18.3 Å². The van der Waals surface area contributed by atoms with E-state index < -0.39 is 6.03 Å². The molecule has 0 aliphatic carbocycles. The number of aromatic nitrogens is 2. The lowest BCUT2D eigenvalue weighted by atomic mass is 9.94. The number of hydrogen-bond donors (Lipinski definition) is 1. The Hall–Kier alpha value is -3.88. The van der Waals surface area contributed by atoms with Crippen molar-refractivity contribution < 1.29 is 23.9 Å². The van der Waals surface area contributed by atoms with Crippen LogP contribution in [0.4, 0.5) is 16.4 Å². The van der Waals surface area contributed by atoms with Gasteiger partial charge in [-0.15, -0.1) is 0 Å². The molecule has 204 valence electrons. The summed E-state index contributed by atoms with van der Waals surface area (Å²) in [5.41, 5.74) is 2.98. The van der Waals surface area contributed by atoms with Gasteiger partial charge in [-0.3, -0.25) is 19.8 Å². The van der Waals surface area contributed by atoms with E-state index in [2.05, 4.69) is 21.4 Å². The number of ether oxygens (including phenoxy) is 2. The first kappa shape index (κ1) is 26.7. The minimum Gasteiger partial charge on any atom is -0.379 e. The highest BCUT2D eigenvalue weighted by molar-refractivity contribution is 6.01. The molecular weight excluding hydrogens is 500 g/mol. The van der Waals surface area contributed by atoms with Crippen LogP contribution >= 0.6 is 0 Å². The number of carbonyl (C=O) groups is 3. The molecule has 2 saturated heterocycles. The predicted molar refractivity (Wildman–Crippen MR) is 141 cm³/mol. The number of hydrogen-bond acceptors (Lipinski definition) is 8. The second-order valence-electron chi connectivity index (χ2n) is 10.4. The van der Waals surface area contributed by atoms with Crippen LogP contribution < -0.4 is 10.2 Å². The maximum Gasteiger partial charge on any atom is 0.328 e. The summed E-state index contributed by atoms with van der Waals surface area (Å²) < 4.78 is 11.0. The minimum atomic E-state index is -0.418. The highest BCUT2D eigenvalue weighted by Gasteiger charge is 2.31. The van der Waals surface area contributed by atoms with E-state index in [4.69, 9.17) is 9.47 Å². The van der Waals surface area contributed by atoms with Crippen LogP contribution in [0, 0.1) is 23.2 Å². The van der Waals surface area contributed by atoms with Crippen LogP contribution in [-0.4, -0.2) is 72.6 Å². The third-order valence-electron chi connectivity index (χ3n) is 7.83. The van der Waals surface area contributed by atoms with Crippen LogP contribution in [0.1, 0.15) is 52.5 Å². The fourth-order valence-corrected chi connectivity index (χ4v) is 5.57. The van der Waals surface area contributed by atoms with E-state index >= 15 is 0 Å². The van der Waals surface area contributed by atoms with Gasteiger partial charge in [-0.2, -0.15) is 5.26 Å². The molecular formula is C28H32N6O5. The van der Waals surface area contributed by atoms with Crippen LogP contribution in [0.2, 0.25) is 0 Å². The Morgan fingerprint density at radius 2 is 2.15 bits per heavy atom. The van der Waals surface area contributed by atoms with E-state index in [1.165, 1.54) is 11.1 Å². The molecule has 3 atom stereocenters. The monoisotopic (exact) mass is 532 g/mol. The molecule has 3 aliphatic heterocycles. The highest BCUT2D eigenvalue weighted by atomic mass is 16.5. The average Bonchev–Trinajstić information content (AvgIpc) is 3.53. The third-order valence-corrected chi connectivity index (χ3v) is 7.83. The standard InChI is InChI=1S/C28H32N6O5/c1-17-5-7-33(27(17)36)13-20-8-18-4-3-6-34(26(18)31-23(20)14-35)28(37)32-25-10-19(22(11-29)12-30-25)9-21-15-39-16-24(21)38-2/h8,10,12,14,17,21,24H,3-7,9,13,15-16H2,1-2H3,(H,30,32,37)/t17?,21-,24-/m1/s1. The molecule has 3 amide bonds. The van der Waals surface area contributed by atoms with Crippen molar-refractivity contribution in [2.45, 2.75) is 45.3 Å². The van der Waals surface area contributed by atoms with Gasteiger partial charge in [-0.05, 0) is 48.9 Å². The van der Waals surface area contributed by atoms with Crippen molar-refractivity contribution >= 4 is 29.9 Å². The number of methoxy groups -OCH3 is 1. The topological polar surface area (TPSA) is 138 Å². The number of aryl methyl sites for hydroxylation is 1. The van der Waals surface area contributed by atoms with Crippen molar-refractivity contribution in [3.63, 3.8) is 0 Å². The molecule has 2 aromatic heterocycles. The molecule has 0 saturated carbocycles. The smallest absolute Gasteiger partial charge is 0.328 e. The molecule has 2 aromatic rings. The summed E-state index contributed by atoms with van der Waals surface area (Å²) in [5.74, 6) is 0.923. The number of nitrogens with one attached hydrogen (secondary N) is 1. The van der Waals surface area contributed by atoms with E-state index in [1.807, 2.05) is 13.0 Å². The number of anilines is 2.